The number of Topliss-reactive ketones (excluding diaryl/α,β-unsaturated/α-hetero) is 1. The van der Waals surface area contributed by atoms with Gasteiger partial charge in [0.2, 0.25) is 0 Å². The molecule has 0 amide bonds. The number of ketones is 1. The minimum atomic E-state index is -4.56. The van der Waals surface area contributed by atoms with E-state index in [0.29, 0.717) is 12.8 Å². The second-order valence-corrected chi connectivity index (χ2v) is 6.43. The van der Waals surface area contributed by atoms with Crippen molar-refractivity contribution in [2.24, 2.45) is 5.92 Å². The highest BCUT2D eigenvalue weighted by Crippen LogP contribution is 2.34. The summed E-state index contributed by atoms with van der Waals surface area (Å²) in [5.74, 6) is -0.535. The fraction of sp³-hybridized carbons (Fsp3) is 0.529. The Balaban J connectivity index is 1.88. The number of benzene rings is 1. The highest BCUT2D eigenvalue weighted by Gasteiger charge is 2.36. The maximum absolute atomic E-state index is 12.9. The lowest BCUT2D eigenvalue weighted by Gasteiger charge is -2.39. The molecular formula is C17H17F3N2O. The fourth-order valence-corrected chi connectivity index (χ4v) is 3.71. The predicted molar refractivity (Wildman–Crippen MR) is 77.8 cm³/mol. The van der Waals surface area contributed by atoms with E-state index in [0.717, 1.165) is 31.4 Å². The quantitative estimate of drug-likeness (QED) is 0.845. The molecule has 23 heavy (non-hydrogen) atoms. The largest absolute Gasteiger partial charge is 0.416 e. The Morgan fingerprint density at radius 1 is 1.17 bits per heavy atom. The van der Waals surface area contributed by atoms with Gasteiger partial charge in [0.1, 0.15) is 0 Å². The zero-order valence-corrected chi connectivity index (χ0v) is 12.5. The van der Waals surface area contributed by atoms with Gasteiger partial charge < -0.3 is 5.32 Å². The Morgan fingerprint density at radius 3 is 2.39 bits per heavy atom. The first-order chi connectivity index (χ1) is 10.9. The van der Waals surface area contributed by atoms with Gasteiger partial charge in [-0.25, -0.2) is 0 Å². The molecule has 2 unspecified atom stereocenters. The summed E-state index contributed by atoms with van der Waals surface area (Å²) in [6.45, 7) is 0. The predicted octanol–water partition coefficient (Wildman–Crippen LogP) is 3.68. The van der Waals surface area contributed by atoms with Gasteiger partial charge in [-0.2, -0.15) is 18.4 Å². The molecule has 2 bridgehead atoms. The summed E-state index contributed by atoms with van der Waals surface area (Å²) < 4.78 is 38.8. The molecule has 0 aromatic heterocycles. The molecule has 1 aromatic carbocycles. The summed E-state index contributed by atoms with van der Waals surface area (Å²) in [6.07, 6.45) is -0.0997. The van der Waals surface area contributed by atoms with E-state index in [4.69, 9.17) is 5.26 Å². The van der Waals surface area contributed by atoms with Crippen LogP contribution in [0.5, 0.6) is 0 Å². The molecule has 2 atom stereocenters. The van der Waals surface area contributed by atoms with Crippen molar-refractivity contribution >= 4 is 5.78 Å². The van der Waals surface area contributed by atoms with E-state index in [-0.39, 0.29) is 34.9 Å². The Kier molecular flexibility index (Phi) is 4.15. The summed E-state index contributed by atoms with van der Waals surface area (Å²) in [7, 11) is 0. The van der Waals surface area contributed by atoms with Gasteiger partial charge in [-0.3, -0.25) is 4.79 Å². The lowest BCUT2D eigenvalue weighted by molar-refractivity contribution is -0.137. The van der Waals surface area contributed by atoms with Crippen molar-refractivity contribution in [1.82, 2.24) is 5.32 Å². The van der Waals surface area contributed by atoms with Gasteiger partial charge in [-0.1, -0.05) is 6.42 Å². The van der Waals surface area contributed by atoms with E-state index in [1.165, 1.54) is 6.07 Å². The number of nitriles is 1. The molecule has 2 saturated heterocycles. The molecule has 0 aliphatic carbocycles. The Hall–Kier alpha value is -1.87. The van der Waals surface area contributed by atoms with Crippen molar-refractivity contribution in [3.63, 3.8) is 0 Å². The number of rotatable bonds is 2. The maximum atomic E-state index is 12.9. The first kappa shape index (κ1) is 16.0. The third-order valence-corrected chi connectivity index (χ3v) is 4.76. The number of hydrogen-bond donors (Lipinski definition) is 1. The van der Waals surface area contributed by atoms with Crippen LogP contribution in [0.2, 0.25) is 0 Å². The van der Waals surface area contributed by atoms with E-state index in [1.54, 1.807) is 6.07 Å². The number of carbonyl (C=O) groups excluding carboxylic acids is 1. The maximum Gasteiger partial charge on any atom is 0.416 e. The summed E-state index contributed by atoms with van der Waals surface area (Å²) in [5, 5.41) is 12.4. The molecule has 0 saturated carbocycles. The van der Waals surface area contributed by atoms with Gasteiger partial charge in [-0.05, 0) is 43.9 Å². The van der Waals surface area contributed by atoms with Crippen LogP contribution in [0.25, 0.3) is 0 Å². The minimum Gasteiger partial charge on any atom is -0.311 e. The molecule has 122 valence electrons. The van der Waals surface area contributed by atoms with Gasteiger partial charge in [0.15, 0.2) is 5.78 Å². The second-order valence-electron chi connectivity index (χ2n) is 6.43. The lowest BCUT2D eigenvalue weighted by atomic mass is 9.77. The van der Waals surface area contributed by atoms with Crippen LogP contribution in [0.4, 0.5) is 13.2 Å². The zero-order valence-electron chi connectivity index (χ0n) is 12.5. The van der Waals surface area contributed by atoms with Crippen LogP contribution in [0, 0.1) is 17.2 Å². The topological polar surface area (TPSA) is 52.9 Å². The standard InChI is InChI=1S/C17H17F3N2O/c18-17(19,20)13-5-10(9-21)4-11(6-13)16(23)12-7-14-2-1-3-15(8-12)22-14/h4-6,12,14-15,22H,1-3,7-8H2. The molecule has 0 spiro atoms. The van der Waals surface area contributed by atoms with E-state index < -0.39 is 11.7 Å². The summed E-state index contributed by atoms with van der Waals surface area (Å²) in [4.78, 5) is 12.7. The number of nitrogens with one attached hydrogen (secondary N) is 1. The highest BCUT2D eigenvalue weighted by atomic mass is 19.4. The van der Waals surface area contributed by atoms with Crippen LogP contribution in [0.1, 0.15) is 53.6 Å². The van der Waals surface area contributed by atoms with E-state index in [2.05, 4.69) is 5.32 Å². The third kappa shape index (κ3) is 3.40. The van der Waals surface area contributed by atoms with E-state index >= 15 is 0 Å². The van der Waals surface area contributed by atoms with Crippen molar-refractivity contribution in [2.75, 3.05) is 0 Å². The number of fused-ring (bicyclic) bond motifs is 2. The van der Waals surface area contributed by atoms with Crippen LogP contribution < -0.4 is 5.32 Å². The summed E-state index contributed by atoms with van der Waals surface area (Å²) in [5.41, 5.74) is -1.06. The number of alkyl halides is 3. The molecule has 1 aromatic rings. The fourth-order valence-electron chi connectivity index (χ4n) is 3.71. The molecule has 3 rings (SSSR count). The number of piperidine rings is 2. The van der Waals surface area contributed by atoms with Crippen molar-refractivity contribution in [3.05, 3.63) is 34.9 Å². The molecular weight excluding hydrogens is 305 g/mol. The van der Waals surface area contributed by atoms with Crippen molar-refractivity contribution < 1.29 is 18.0 Å². The second kappa shape index (κ2) is 5.97. The molecule has 2 heterocycles. The van der Waals surface area contributed by atoms with Crippen LogP contribution in [0.15, 0.2) is 18.2 Å². The SMILES string of the molecule is N#Cc1cc(C(=O)C2CC3CCCC(C2)N3)cc(C(F)(F)F)c1. The van der Waals surface area contributed by atoms with Crippen LogP contribution >= 0.6 is 0 Å². The number of nitrogens with zero attached hydrogens (tertiary/aromatic N) is 1. The number of carbonyl (C=O) groups is 1. The van der Waals surface area contributed by atoms with Gasteiger partial charge in [0.25, 0.3) is 0 Å². The lowest BCUT2D eigenvalue weighted by Crippen LogP contribution is -2.50. The Morgan fingerprint density at radius 2 is 1.83 bits per heavy atom. The van der Waals surface area contributed by atoms with E-state index in [9.17, 15) is 18.0 Å². The smallest absolute Gasteiger partial charge is 0.311 e. The molecule has 2 aliphatic heterocycles. The molecule has 1 N–H and O–H groups in total. The molecule has 6 heteroatoms. The van der Waals surface area contributed by atoms with E-state index in [1.807, 2.05) is 0 Å². The summed E-state index contributed by atoms with van der Waals surface area (Å²) in [6, 6.07) is 5.20. The van der Waals surface area contributed by atoms with Crippen LogP contribution in [-0.2, 0) is 6.18 Å². The van der Waals surface area contributed by atoms with Crippen LogP contribution in [-0.4, -0.2) is 17.9 Å². The zero-order chi connectivity index (χ0) is 16.6. The number of hydrogen-bond acceptors (Lipinski definition) is 3. The van der Waals surface area contributed by atoms with Crippen molar-refractivity contribution in [2.45, 2.75) is 50.4 Å². The minimum absolute atomic E-state index is 0.00125. The summed E-state index contributed by atoms with van der Waals surface area (Å²) >= 11 is 0. The Labute approximate surface area is 132 Å². The molecule has 3 nitrogen and oxygen atoms in total. The van der Waals surface area contributed by atoms with Crippen LogP contribution in [0.3, 0.4) is 0 Å². The van der Waals surface area contributed by atoms with Gasteiger partial charge >= 0.3 is 6.18 Å². The Bertz CT molecular complexity index is 651. The third-order valence-electron chi connectivity index (χ3n) is 4.76. The van der Waals surface area contributed by atoms with Crippen molar-refractivity contribution in [3.8, 4) is 6.07 Å². The average Bonchev–Trinajstić information content (AvgIpc) is 2.52. The first-order valence-corrected chi connectivity index (χ1v) is 7.79. The van der Waals surface area contributed by atoms with Crippen molar-refractivity contribution in [1.29, 1.82) is 5.26 Å². The molecule has 0 radical (unpaired) electrons. The average molecular weight is 322 g/mol. The molecule has 2 aliphatic rings. The number of halogens is 3. The van der Waals surface area contributed by atoms with Gasteiger partial charge in [-0.15, -0.1) is 0 Å². The monoisotopic (exact) mass is 322 g/mol. The normalized spacial score (nSPS) is 27.3. The molecule has 2 fully saturated rings. The van der Waals surface area contributed by atoms with Gasteiger partial charge in [0.05, 0.1) is 17.2 Å². The van der Waals surface area contributed by atoms with Gasteiger partial charge in [0, 0.05) is 23.6 Å². The first-order valence-electron chi connectivity index (χ1n) is 7.79. The highest BCUT2D eigenvalue weighted by molar-refractivity contribution is 5.98.